The lowest BCUT2D eigenvalue weighted by Crippen LogP contribution is -2.29. The second-order valence-electron chi connectivity index (χ2n) is 5.37. The van der Waals surface area contributed by atoms with Gasteiger partial charge in [0.25, 0.3) is 0 Å². The highest BCUT2D eigenvalue weighted by Gasteiger charge is 2.21. The Kier molecular flexibility index (Phi) is 3.83. The van der Waals surface area contributed by atoms with Crippen molar-refractivity contribution in [2.75, 3.05) is 18.5 Å². The van der Waals surface area contributed by atoms with Crippen molar-refractivity contribution in [2.45, 2.75) is 19.3 Å². The van der Waals surface area contributed by atoms with E-state index >= 15 is 0 Å². The average Bonchev–Trinajstić information content (AvgIpc) is 2.88. The van der Waals surface area contributed by atoms with Gasteiger partial charge in [0.1, 0.15) is 0 Å². The van der Waals surface area contributed by atoms with Gasteiger partial charge in [-0.25, -0.2) is 4.98 Å². The molecule has 104 valence electrons. The van der Waals surface area contributed by atoms with Gasteiger partial charge in [-0.05, 0) is 18.8 Å². The Balaban J connectivity index is 1.86. The van der Waals surface area contributed by atoms with E-state index in [1.54, 1.807) is 0 Å². The molecule has 2 aromatic rings. The molecule has 4 heteroatoms. The normalized spacial score (nSPS) is 14.8. The topological polar surface area (TPSA) is 33.2 Å². The number of thiazole rings is 1. The molecular weight excluding hydrogens is 268 g/mol. The SMILES string of the molecule is CN(CC1CCC1)c1nc(-c2ccccc2)c(C=O)s1. The third-order valence-corrected chi connectivity index (χ3v) is 4.97. The Morgan fingerprint density at radius 2 is 2.10 bits per heavy atom. The van der Waals surface area contributed by atoms with Crippen molar-refractivity contribution in [3.05, 3.63) is 35.2 Å². The third-order valence-electron chi connectivity index (χ3n) is 3.88. The Hall–Kier alpha value is -1.68. The van der Waals surface area contributed by atoms with Crippen LogP contribution in [0.3, 0.4) is 0 Å². The molecule has 0 amide bonds. The first-order chi connectivity index (χ1) is 9.78. The minimum absolute atomic E-state index is 0.714. The smallest absolute Gasteiger partial charge is 0.186 e. The summed E-state index contributed by atoms with van der Waals surface area (Å²) in [7, 11) is 2.07. The maximum absolute atomic E-state index is 11.3. The van der Waals surface area contributed by atoms with E-state index < -0.39 is 0 Å². The molecule has 0 saturated heterocycles. The van der Waals surface area contributed by atoms with Crippen LogP contribution in [0.1, 0.15) is 28.9 Å². The molecule has 0 spiro atoms. The van der Waals surface area contributed by atoms with Gasteiger partial charge in [0, 0.05) is 19.2 Å². The van der Waals surface area contributed by atoms with E-state index in [9.17, 15) is 4.79 Å². The van der Waals surface area contributed by atoms with Crippen LogP contribution in [0.2, 0.25) is 0 Å². The average molecular weight is 286 g/mol. The molecule has 3 rings (SSSR count). The first-order valence-electron chi connectivity index (χ1n) is 7.00. The predicted molar refractivity (Wildman–Crippen MR) is 83.5 cm³/mol. The number of carbonyl (C=O) groups is 1. The molecule has 0 unspecified atom stereocenters. The molecule has 0 N–H and O–H groups in total. The number of aromatic nitrogens is 1. The summed E-state index contributed by atoms with van der Waals surface area (Å²) < 4.78 is 0. The molecule has 0 atom stereocenters. The van der Waals surface area contributed by atoms with Crippen LogP contribution in [0, 0.1) is 5.92 Å². The van der Waals surface area contributed by atoms with Crippen LogP contribution in [-0.4, -0.2) is 24.9 Å². The number of aldehydes is 1. The Morgan fingerprint density at radius 1 is 1.35 bits per heavy atom. The molecule has 1 aromatic carbocycles. The fraction of sp³-hybridized carbons (Fsp3) is 0.375. The van der Waals surface area contributed by atoms with Crippen molar-refractivity contribution in [3.63, 3.8) is 0 Å². The summed E-state index contributed by atoms with van der Waals surface area (Å²) in [6, 6.07) is 9.91. The van der Waals surface area contributed by atoms with Crippen molar-refractivity contribution >= 4 is 22.8 Å². The van der Waals surface area contributed by atoms with Gasteiger partial charge in [0.15, 0.2) is 11.4 Å². The van der Waals surface area contributed by atoms with Crippen molar-refractivity contribution in [1.29, 1.82) is 0 Å². The first kappa shape index (κ1) is 13.3. The second-order valence-corrected chi connectivity index (χ2v) is 6.38. The standard InChI is InChI=1S/C16H18N2OS/c1-18(10-12-6-5-7-12)16-17-15(14(11-19)20-16)13-8-3-2-4-9-13/h2-4,8-9,11-12H,5-7,10H2,1H3. The number of anilines is 1. The van der Waals surface area contributed by atoms with Crippen molar-refractivity contribution in [3.8, 4) is 11.3 Å². The summed E-state index contributed by atoms with van der Waals surface area (Å²) in [5, 5.41) is 0.942. The zero-order chi connectivity index (χ0) is 13.9. The number of hydrogen-bond donors (Lipinski definition) is 0. The van der Waals surface area contributed by atoms with Crippen LogP contribution in [0.15, 0.2) is 30.3 Å². The summed E-state index contributed by atoms with van der Waals surface area (Å²) >= 11 is 1.49. The van der Waals surface area contributed by atoms with Crippen molar-refractivity contribution < 1.29 is 4.79 Å². The Bertz CT molecular complexity index is 590. The Labute approximate surface area is 123 Å². The summed E-state index contributed by atoms with van der Waals surface area (Å²) in [4.78, 5) is 18.9. The second kappa shape index (κ2) is 5.75. The molecule has 1 aliphatic carbocycles. The maximum atomic E-state index is 11.3. The summed E-state index contributed by atoms with van der Waals surface area (Å²) in [6.45, 7) is 1.04. The van der Waals surface area contributed by atoms with Gasteiger partial charge in [0.2, 0.25) is 0 Å². The number of hydrogen-bond acceptors (Lipinski definition) is 4. The maximum Gasteiger partial charge on any atom is 0.186 e. The van der Waals surface area contributed by atoms with Crippen LogP contribution in [0.4, 0.5) is 5.13 Å². The van der Waals surface area contributed by atoms with Crippen LogP contribution >= 0.6 is 11.3 Å². The number of carbonyl (C=O) groups excluding carboxylic acids is 1. The van der Waals surface area contributed by atoms with Crippen molar-refractivity contribution in [2.24, 2.45) is 5.92 Å². The van der Waals surface area contributed by atoms with Crippen LogP contribution < -0.4 is 4.90 Å². The van der Waals surface area contributed by atoms with E-state index in [0.717, 1.165) is 35.1 Å². The highest BCUT2D eigenvalue weighted by molar-refractivity contribution is 7.17. The first-order valence-corrected chi connectivity index (χ1v) is 7.82. The molecule has 0 radical (unpaired) electrons. The molecule has 1 heterocycles. The molecule has 0 aliphatic heterocycles. The predicted octanol–water partition coefficient (Wildman–Crippen LogP) is 3.86. The fourth-order valence-corrected chi connectivity index (χ4v) is 3.38. The molecule has 1 saturated carbocycles. The minimum Gasteiger partial charge on any atom is -0.351 e. The molecule has 1 aromatic heterocycles. The van der Waals surface area contributed by atoms with E-state index in [1.165, 1.54) is 30.6 Å². The van der Waals surface area contributed by atoms with E-state index in [-0.39, 0.29) is 0 Å². The molecular formula is C16H18N2OS. The van der Waals surface area contributed by atoms with E-state index in [4.69, 9.17) is 0 Å². The zero-order valence-electron chi connectivity index (χ0n) is 11.6. The van der Waals surface area contributed by atoms with Gasteiger partial charge in [-0.2, -0.15) is 0 Å². The third kappa shape index (κ3) is 2.61. The zero-order valence-corrected chi connectivity index (χ0v) is 12.4. The lowest BCUT2D eigenvalue weighted by Gasteiger charge is -2.29. The minimum atomic E-state index is 0.714. The fourth-order valence-electron chi connectivity index (χ4n) is 2.51. The number of nitrogens with zero attached hydrogens (tertiary/aromatic N) is 2. The monoisotopic (exact) mass is 286 g/mol. The lowest BCUT2D eigenvalue weighted by molar-refractivity contribution is 0.112. The molecule has 1 aliphatic rings. The van der Waals surface area contributed by atoms with Gasteiger partial charge < -0.3 is 4.90 Å². The molecule has 3 nitrogen and oxygen atoms in total. The van der Waals surface area contributed by atoms with Gasteiger partial charge in [-0.3, -0.25) is 4.79 Å². The van der Waals surface area contributed by atoms with Gasteiger partial charge in [-0.15, -0.1) is 0 Å². The molecule has 20 heavy (non-hydrogen) atoms. The van der Waals surface area contributed by atoms with Gasteiger partial charge in [0.05, 0.1) is 10.6 Å². The summed E-state index contributed by atoms with van der Waals surface area (Å²) in [5.74, 6) is 0.795. The summed E-state index contributed by atoms with van der Waals surface area (Å²) in [6.07, 6.45) is 4.91. The molecule has 1 fully saturated rings. The quantitative estimate of drug-likeness (QED) is 0.783. The van der Waals surface area contributed by atoms with Crippen molar-refractivity contribution in [1.82, 2.24) is 4.98 Å². The highest BCUT2D eigenvalue weighted by atomic mass is 32.1. The van der Waals surface area contributed by atoms with Gasteiger partial charge >= 0.3 is 0 Å². The van der Waals surface area contributed by atoms with Crippen LogP contribution in [0.25, 0.3) is 11.3 Å². The highest BCUT2D eigenvalue weighted by Crippen LogP contribution is 2.33. The summed E-state index contributed by atoms with van der Waals surface area (Å²) in [5.41, 5.74) is 1.82. The van der Waals surface area contributed by atoms with Gasteiger partial charge in [-0.1, -0.05) is 48.1 Å². The van der Waals surface area contributed by atoms with E-state index in [2.05, 4.69) is 16.9 Å². The largest absolute Gasteiger partial charge is 0.351 e. The lowest BCUT2D eigenvalue weighted by atomic mass is 9.85. The van der Waals surface area contributed by atoms with E-state index in [0.29, 0.717) is 4.88 Å². The number of rotatable bonds is 5. The number of benzene rings is 1. The van der Waals surface area contributed by atoms with E-state index in [1.807, 2.05) is 30.3 Å². The Morgan fingerprint density at radius 3 is 2.70 bits per heavy atom. The van der Waals surface area contributed by atoms with Crippen LogP contribution in [-0.2, 0) is 0 Å². The molecule has 0 bridgehead atoms. The van der Waals surface area contributed by atoms with Crippen LogP contribution in [0.5, 0.6) is 0 Å².